The maximum Gasteiger partial charge on any atom is 0.254 e. The van der Waals surface area contributed by atoms with Crippen LogP contribution in [0, 0.1) is 11.6 Å². The number of nitrogens with zero attached hydrogens (tertiary/aromatic N) is 2. The molecule has 0 saturated carbocycles. The highest BCUT2D eigenvalue weighted by atomic mass is 19.1. The van der Waals surface area contributed by atoms with Crippen LogP contribution in [0.3, 0.4) is 0 Å². The summed E-state index contributed by atoms with van der Waals surface area (Å²) in [5.41, 5.74) is 1.24. The van der Waals surface area contributed by atoms with Crippen LogP contribution < -0.4 is 5.32 Å². The van der Waals surface area contributed by atoms with Gasteiger partial charge in [-0.25, -0.2) is 8.78 Å². The van der Waals surface area contributed by atoms with E-state index >= 15 is 0 Å². The Balaban J connectivity index is 1.28. The Hall–Kier alpha value is -2.31. The van der Waals surface area contributed by atoms with Crippen LogP contribution in [0.15, 0.2) is 48.5 Å². The van der Waals surface area contributed by atoms with Crippen molar-refractivity contribution in [1.29, 1.82) is 0 Å². The Morgan fingerprint density at radius 2 is 1.64 bits per heavy atom. The molecule has 1 amide bonds. The van der Waals surface area contributed by atoms with Gasteiger partial charge in [-0.05, 0) is 37.1 Å². The molecule has 1 aliphatic heterocycles. The number of nitrogens with one attached hydrogen (secondary N) is 1. The van der Waals surface area contributed by atoms with Crippen molar-refractivity contribution < 1.29 is 13.6 Å². The highest BCUT2D eigenvalue weighted by Gasteiger charge is 2.16. The first-order chi connectivity index (χ1) is 13.6. The normalized spacial score (nSPS) is 15.5. The van der Waals surface area contributed by atoms with Gasteiger partial charge in [0.25, 0.3) is 5.91 Å². The second-order valence-corrected chi connectivity index (χ2v) is 7.19. The number of benzene rings is 2. The summed E-state index contributed by atoms with van der Waals surface area (Å²) >= 11 is 0. The number of rotatable bonds is 8. The van der Waals surface area contributed by atoms with Crippen molar-refractivity contribution in [2.45, 2.75) is 19.4 Å². The predicted molar refractivity (Wildman–Crippen MR) is 106 cm³/mol. The fourth-order valence-electron chi connectivity index (χ4n) is 3.44. The molecule has 0 atom stereocenters. The fourth-order valence-corrected chi connectivity index (χ4v) is 3.44. The first-order valence-corrected chi connectivity index (χ1v) is 9.84. The van der Waals surface area contributed by atoms with Gasteiger partial charge < -0.3 is 10.2 Å². The number of piperazine rings is 1. The van der Waals surface area contributed by atoms with E-state index in [4.69, 9.17) is 0 Å². The molecule has 0 spiro atoms. The fraction of sp³-hybridized carbons (Fsp3) is 0.409. The molecule has 1 heterocycles. The topological polar surface area (TPSA) is 35.6 Å². The third-order valence-electron chi connectivity index (χ3n) is 5.08. The van der Waals surface area contributed by atoms with Crippen molar-refractivity contribution in [1.82, 2.24) is 15.1 Å². The van der Waals surface area contributed by atoms with E-state index in [0.717, 1.165) is 64.2 Å². The average Bonchev–Trinajstić information content (AvgIpc) is 2.69. The number of hydrogen-bond acceptors (Lipinski definition) is 3. The summed E-state index contributed by atoms with van der Waals surface area (Å²) in [6.45, 7) is 6.73. The molecule has 4 nitrogen and oxygen atoms in total. The summed E-state index contributed by atoms with van der Waals surface area (Å²) in [6, 6.07) is 13.5. The average molecular weight is 387 g/mol. The van der Waals surface area contributed by atoms with Crippen molar-refractivity contribution in [3.63, 3.8) is 0 Å². The van der Waals surface area contributed by atoms with Gasteiger partial charge in [0.2, 0.25) is 0 Å². The number of carbonyl (C=O) groups excluding carboxylic acids is 1. The highest BCUT2D eigenvalue weighted by Crippen LogP contribution is 2.10. The van der Waals surface area contributed by atoms with Crippen LogP contribution in [-0.2, 0) is 6.54 Å². The van der Waals surface area contributed by atoms with Gasteiger partial charge in [-0.2, -0.15) is 0 Å². The predicted octanol–water partition coefficient (Wildman–Crippen LogP) is 3.29. The first kappa shape index (κ1) is 20.4. The zero-order chi connectivity index (χ0) is 19.8. The number of hydrogen-bond donors (Lipinski definition) is 1. The van der Waals surface area contributed by atoms with Gasteiger partial charge >= 0.3 is 0 Å². The molecule has 2 aromatic carbocycles. The molecule has 1 aliphatic rings. The zero-order valence-corrected chi connectivity index (χ0v) is 16.0. The number of unbranched alkanes of at least 4 members (excludes halogenated alkanes) is 1. The molecule has 1 N–H and O–H groups in total. The third-order valence-corrected chi connectivity index (χ3v) is 5.08. The molecule has 150 valence electrons. The Morgan fingerprint density at radius 1 is 0.929 bits per heavy atom. The summed E-state index contributed by atoms with van der Waals surface area (Å²) in [5.74, 6) is -2.00. The molecular formula is C22H27F2N3O. The van der Waals surface area contributed by atoms with E-state index in [-0.39, 0.29) is 5.56 Å². The number of carbonyl (C=O) groups is 1. The van der Waals surface area contributed by atoms with E-state index in [9.17, 15) is 13.6 Å². The van der Waals surface area contributed by atoms with Gasteiger partial charge in [0.1, 0.15) is 11.6 Å². The Labute approximate surface area is 165 Å². The molecule has 28 heavy (non-hydrogen) atoms. The van der Waals surface area contributed by atoms with E-state index < -0.39 is 17.5 Å². The van der Waals surface area contributed by atoms with Crippen molar-refractivity contribution >= 4 is 5.91 Å². The van der Waals surface area contributed by atoms with Gasteiger partial charge in [0.05, 0.1) is 5.56 Å². The Kier molecular flexibility index (Phi) is 7.51. The van der Waals surface area contributed by atoms with Crippen LogP contribution >= 0.6 is 0 Å². The minimum absolute atomic E-state index is 0.115. The molecule has 1 saturated heterocycles. The van der Waals surface area contributed by atoms with Gasteiger partial charge in [0, 0.05) is 45.3 Å². The monoisotopic (exact) mass is 387 g/mol. The summed E-state index contributed by atoms with van der Waals surface area (Å²) in [6.07, 6.45) is 1.81. The molecule has 0 bridgehead atoms. The minimum atomic E-state index is -0.828. The van der Waals surface area contributed by atoms with Gasteiger partial charge in [-0.15, -0.1) is 0 Å². The standard InChI is InChI=1S/C22H27F2N3O/c23-19-8-9-20(21(24)16-19)22(28)25-10-4-5-11-26-12-14-27(15-13-26)17-18-6-2-1-3-7-18/h1-3,6-9,16H,4-5,10-15,17H2,(H,25,28). The van der Waals surface area contributed by atoms with E-state index in [1.165, 1.54) is 11.6 Å². The Bertz CT molecular complexity index is 762. The van der Waals surface area contributed by atoms with Crippen LogP contribution in [0.2, 0.25) is 0 Å². The second-order valence-electron chi connectivity index (χ2n) is 7.19. The Morgan fingerprint density at radius 3 is 2.36 bits per heavy atom. The van der Waals surface area contributed by atoms with E-state index in [2.05, 4.69) is 39.4 Å². The van der Waals surface area contributed by atoms with Crippen LogP contribution in [0.25, 0.3) is 0 Å². The first-order valence-electron chi connectivity index (χ1n) is 9.84. The highest BCUT2D eigenvalue weighted by molar-refractivity contribution is 5.94. The molecular weight excluding hydrogens is 360 g/mol. The SMILES string of the molecule is O=C(NCCCCN1CCN(Cc2ccccc2)CC1)c1ccc(F)cc1F. The van der Waals surface area contributed by atoms with E-state index in [1.54, 1.807) is 0 Å². The smallest absolute Gasteiger partial charge is 0.254 e. The quantitative estimate of drug-likeness (QED) is 0.706. The molecule has 0 unspecified atom stereocenters. The molecule has 6 heteroatoms. The minimum Gasteiger partial charge on any atom is -0.352 e. The molecule has 1 fully saturated rings. The maximum absolute atomic E-state index is 13.6. The summed E-state index contributed by atoms with van der Waals surface area (Å²) in [5, 5.41) is 2.70. The van der Waals surface area contributed by atoms with Crippen molar-refractivity contribution in [3.05, 3.63) is 71.3 Å². The lowest BCUT2D eigenvalue weighted by atomic mass is 10.2. The van der Waals surface area contributed by atoms with Crippen LogP contribution in [0.5, 0.6) is 0 Å². The number of amides is 1. The molecule has 2 aromatic rings. The summed E-state index contributed by atoms with van der Waals surface area (Å²) in [7, 11) is 0. The third kappa shape index (κ3) is 6.11. The zero-order valence-electron chi connectivity index (χ0n) is 16.0. The van der Waals surface area contributed by atoms with Gasteiger partial charge in [-0.1, -0.05) is 30.3 Å². The van der Waals surface area contributed by atoms with Crippen molar-refractivity contribution in [2.75, 3.05) is 39.3 Å². The molecule has 3 rings (SSSR count). The van der Waals surface area contributed by atoms with Crippen molar-refractivity contribution in [2.24, 2.45) is 0 Å². The second kappa shape index (κ2) is 10.3. The molecule has 0 aromatic heterocycles. The molecule has 0 aliphatic carbocycles. The van der Waals surface area contributed by atoms with Crippen molar-refractivity contribution in [3.8, 4) is 0 Å². The van der Waals surface area contributed by atoms with E-state index in [1.807, 2.05) is 6.07 Å². The van der Waals surface area contributed by atoms with Gasteiger partial charge in [0.15, 0.2) is 0 Å². The van der Waals surface area contributed by atoms with E-state index in [0.29, 0.717) is 6.54 Å². The lowest BCUT2D eigenvalue weighted by Gasteiger charge is -2.34. The summed E-state index contributed by atoms with van der Waals surface area (Å²) in [4.78, 5) is 16.9. The largest absolute Gasteiger partial charge is 0.352 e. The lowest BCUT2D eigenvalue weighted by Crippen LogP contribution is -2.46. The lowest BCUT2D eigenvalue weighted by molar-refractivity contribution is 0.0947. The van der Waals surface area contributed by atoms with Crippen LogP contribution in [0.1, 0.15) is 28.8 Å². The van der Waals surface area contributed by atoms with Crippen LogP contribution in [0.4, 0.5) is 8.78 Å². The van der Waals surface area contributed by atoms with Gasteiger partial charge in [-0.3, -0.25) is 9.69 Å². The molecule has 0 radical (unpaired) electrons. The maximum atomic E-state index is 13.6. The summed E-state index contributed by atoms with van der Waals surface area (Å²) < 4.78 is 26.5. The van der Waals surface area contributed by atoms with Crippen LogP contribution in [-0.4, -0.2) is 55.0 Å². The number of halogens is 2.